The smallest absolute Gasteiger partial charge is 0.243 e. The third kappa shape index (κ3) is 5.04. The van der Waals surface area contributed by atoms with Crippen molar-refractivity contribution in [3.05, 3.63) is 65.2 Å². The van der Waals surface area contributed by atoms with Crippen molar-refractivity contribution in [2.24, 2.45) is 0 Å². The van der Waals surface area contributed by atoms with Gasteiger partial charge < -0.3 is 5.32 Å². The molecule has 2 aromatic rings. The highest BCUT2D eigenvalue weighted by Crippen LogP contribution is 2.21. The molecule has 3 rings (SSSR count). The van der Waals surface area contributed by atoms with Gasteiger partial charge in [-0.15, -0.1) is 0 Å². The molecule has 1 fully saturated rings. The van der Waals surface area contributed by atoms with Gasteiger partial charge in [0.1, 0.15) is 0 Å². The number of carbonyl (C=O) groups excluding carboxylic acids is 1. The Morgan fingerprint density at radius 3 is 2.28 bits per heavy atom. The van der Waals surface area contributed by atoms with Crippen molar-refractivity contribution in [2.75, 3.05) is 26.2 Å². The third-order valence-corrected chi connectivity index (χ3v) is 7.52. The Balaban J connectivity index is 1.56. The molecule has 156 valence electrons. The van der Waals surface area contributed by atoms with E-state index in [1.54, 1.807) is 12.1 Å². The zero-order chi connectivity index (χ0) is 21.0. The van der Waals surface area contributed by atoms with E-state index in [1.165, 1.54) is 4.31 Å². The summed E-state index contributed by atoms with van der Waals surface area (Å²) in [5.74, 6) is -0.0423. The van der Waals surface area contributed by atoms with Gasteiger partial charge in [0.25, 0.3) is 0 Å². The molecular weight excluding hydrogens is 386 g/mol. The number of sulfonamides is 1. The van der Waals surface area contributed by atoms with Gasteiger partial charge in [-0.05, 0) is 49.6 Å². The Kier molecular flexibility index (Phi) is 6.72. The predicted molar refractivity (Wildman–Crippen MR) is 114 cm³/mol. The van der Waals surface area contributed by atoms with Gasteiger partial charge in [0.05, 0.1) is 10.9 Å². The lowest BCUT2D eigenvalue weighted by Crippen LogP contribution is -2.54. The second-order valence-electron chi connectivity index (χ2n) is 7.57. The first-order chi connectivity index (χ1) is 13.8. The molecule has 0 radical (unpaired) electrons. The highest BCUT2D eigenvalue weighted by Gasteiger charge is 2.31. The molecule has 0 bridgehead atoms. The molecule has 1 N–H and O–H groups in total. The van der Waals surface area contributed by atoms with Gasteiger partial charge >= 0.3 is 0 Å². The first-order valence-electron chi connectivity index (χ1n) is 9.92. The van der Waals surface area contributed by atoms with E-state index in [9.17, 15) is 13.2 Å². The van der Waals surface area contributed by atoms with E-state index in [1.807, 2.05) is 62.1 Å². The zero-order valence-electron chi connectivity index (χ0n) is 17.3. The van der Waals surface area contributed by atoms with Crippen LogP contribution in [0.15, 0.2) is 53.4 Å². The van der Waals surface area contributed by atoms with Crippen LogP contribution in [-0.4, -0.2) is 55.8 Å². The quantitative estimate of drug-likeness (QED) is 0.786. The Hall–Kier alpha value is -2.22. The van der Waals surface area contributed by atoms with E-state index in [0.717, 1.165) is 16.7 Å². The van der Waals surface area contributed by atoms with Crippen molar-refractivity contribution >= 4 is 15.9 Å². The van der Waals surface area contributed by atoms with Gasteiger partial charge in [-0.1, -0.05) is 36.4 Å². The average molecular weight is 416 g/mol. The topological polar surface area (TPSA) is 69.7 Å². The molecule has 1 amide bonds. The number of rotatable bonds is 6. The van der Waals surface area contributed by atoms with E-state index in [-0.39, 0.29) is 11.9 Å². The standard InChI is InChI=1S/C22H29N3O3S/c1-17-9-10-21(15-18(17)2)29(27,28)25-13-11-24(12-14-25)19(3)22(26)23-16-20-7-5-4-6-8-20/h4-10,15,19H,11-14,16H2,1-3H3,(H,23,26). The lowest BCUT2D eigenvalue weighted by molar-refractivity contribution is -0.126. The number of benzene rings is 2. The fourth-order valence-electron chi connectivity index (χ4n) is 3.45. The van der Waals surface area contributed by atoms with E-state index in [2.05, 4.69) is 5.32 Å². The Labute approximate surface area is 173 Å². The van der Waals surface area contributed by atoms with Crippen molar-refractivity contribution < 1.29 is 13.2 Å². The van der Waals surface area contributed by atoms with Gasteiger partial charge in [-0.2, -0.15) is 4.31 Å². The first-order valence-corrected chi connectivity index (χ1v) is 11.4. The summed E-state index contributed by atoms with van der Waals surface area (Å²) in [6.45, 7) is 8.07. The summed E-state index contributed by atoms with van der Waals surface area (Å²) in [7, 11) is -3.51. The number of amides is 1. The molecule has 7 heteroatoms. The van der Waals surface area contributed by atoms with Crippen LogP contribution in [0.1, 0.15) is 23.6 Å². The molecule has 6 nitrogen and oxygen atoms in total. The molecule has 0 aliphatic carbocycles. The van der Waals surface area contributed by atoms with Crippen LogP contribution in [0.2, 0.25) is 0 Å². The third-order valence-electron chi connectivity index (χ3n) is 5.63. The molecule has 2 aromatic carbocycles. The lowest BCUT2D eigenvalue weighted by Gasteiger charge is -2.36. The summed E-state index contributed by atoms with van der Waals surface area (Å²) < 4.78 is 27.4. The average Bonchev–Trinajstić information content (AvgIpc) is 2.74. The number of piperazine rings is 1. The number of aryl methyl sites for hydroxylation is 2. The fourth-order valence-corrected chi connectivity index (χ4v) is 4.96. The SMILES string of the molecule is Cc1ccc(S(=O)(=O)N2CCN(C(C)C(=O)NCc3ccccc3)CC2)cc1C. The van der Waals surface area contributed by atoms with E-state index in [4.69, 9.17) is 0 Å². The number of hydrogen-bond donors (Lipinski definition) is 1. The van der Waals surface area contributed by atoms with Crippen LogP contribution in [0.25, 0.3) is 0 Å². The molecule has 0 spiro atoms. The largest absolute Gasteiger partial charge is 0.351 e. The minimum absolute atomic E-state index is 0.0423. The summed E-state index contributed by atoms with van der Waals surface area (Å²) in [6, 6.07) is 14.7. The normalized spacial score (nSPS) is 17.1. The highest BCUT2D eigenvalue weighted by molar-refractivity contribution is 7.89. The summed E-state index contributed by atoms with van der Waals surface area (Å²) in [4.78, 5) is 14.9. The maximum atomic E-state index is 12.9. The molecule has 0 saturated carbocycles. The van der Waals surface area contributed by atoms with Gasteiger partial charge in [0.2, 0.25) is 15.9 Å². The number of carbonyl (C=O) groups is 1. The van der Waals surface area contributed by atoms with Crippen molar-refractivity contribution in [1.82, 2.24) is 14.5 Å². The van der Waals surface area contributed by atoms with Crippen molar-refractivity contribution in [3.8, 4) is 0 Å². The van der Waals surface area contributed by atoms with Crippen LogP contribution in [0.5, 0.6) is 0 Å². The van der Waals surface area contributed by atoms with Crippen LogP contribution >= 0.6 is 0 Å². The minimum atomic E-state index is -3.51. The summed E-state index contributed by atoms with van der Waals surface area (Å²) in [5.41, 5.74) is 3.09. The van der Waals surface area contributed by atoms with Crippen LogP contribution in [-0.2, 0) is 21.4 Å². The maximum absolute atomic E-state index is 12.9. The molecule has 1 atom stereocenters. The van der Waals surface area contributed by atoms with Crippen LogP contribution in [0.3, 0.4) is 0 Å². The molecule has 0 aromatic heterocycles. The second kappa shape index (κ2) is 9.07. The van der Waals surface area contributed by atoms with E-state index in [0.29, 0.717) is 37.6 Å². The molecule has 1 aliphatic heterocycles. The summed E-state index contributed by atoms with van der Waals surface area (Å²) in [5, 5.41) is 2.96. The van der Waals surface area contributed by atoms with Crippen molar-refractivity contribution in [2.45, 2.75) is 38.3 Å². The number of nitrogens with zero attached hydrogens (tertiary/aromatic N) is 2. The number of hydrogen-bond acceptors (Lipinski definition) is 4. The minimum Gasteiger partial charge on any atom is -0.351 e. The number of nitrogens with one attached hydrogen (secondary N) is 1. The van der Waals surface area contributed by atoms with Gasteiger partial charge in [0, 0.05) is 32.7 Å². The fraction of sp³-hybridized carbons (Fsp3) is 0.409. The highest BCUT2D eigenvalue weighted by atomic mass is 32.2. The summed E-state index contributed by atoms with van der Waals surface area (Å²) >= 11 is 0. The Bertz CT molecular complexity index is 953. The molecule has 1 unspecified atom stereocenters. The predicted octanol–water partition coefficient (Wildman–Crippen LogP) is 2.31. The Morgan fingerprint density at radius 1 is 1.00 bits per heavy atom. The van der Waals surface area contributed by atoms with E-state index < -0.39 is 10.0 Å². The van der Waals surface area contributed by atoms with Crippen LogP contribution < -0.4 is 5.32 Å². The second-order valence-corrected chi connectivity index (χ2v) is 9.50. The molecule has 1 aliphatic rings. The van der Waals surface area contributed by atoms with Crippen molar-refractivity contribution in [1.29, 1.82) is 0 Å². The molecule has 1 saturated heterocycles. The molecule has 29 heavy (non-hydrogen) atoms. The summed E-state index contributed by atoms with van der Waals surface area (Å²) in [6.07, 6.45) is 0. The molecular formula is C22H29N3O3S. The Morgan fingerprint density at radius 2 is 1.66 bits per heavy atom. The van der Waals surface area contributed by atoms with Gasteiger partial charge in [-0.25, -0.2) is 8.42 Å². The van der Waals surface area contributed by atoms with Crippen molar-refractivity contribution in [3.63, 3.8) is 0 Å². The zero-order valence-corrected chi connectivity index (χ0v) is 18.1. The first kappa shape index (κ1) is 21.5. The monoisotopic (exact) mass is 415 g/mol. The maximum Gasteiger partial charge on any atom is 0.243 e. The van der Waals surface area contributed by atoms with Crippen LogP contribution in [0.4, 0.5) is 0 Å². The van der Waals surface area contributed by atoms with Crippen LogP contribution in [0, 0.1) is 13.8 Å². The lowest BCUT2D eigenvalue weighted by atomic mass is 10.1. The molecule has 1 heterocycles. The van der Waals surface area contributed by atoms with Gasteiger partial charge in [-0.3, -0.25) is 9.69 Å². The van der Waals surface area contributed by atoms with E-state index >= 15 is 0 Å². The van der Waals surface area contributed by atoms with Gasteiger partial charge in [0.15, 0.2) is 0 Å².